The van der Waals surface area contributed by atoms with Gasteiger partial charge in [-0.2, -0.15) is 0 Å². The summed E-state index contributed by atoms with van der Waals surface area (Å²) in [6.45, 7) is 5.31. The predicted molar refractivity (Wildman–Crippen MR) is 78.8 cm³/mol. The number of hydrogen-bond acceptors (Lipinski definition) is 5. The van der Waals surface area contributed by atoms with Gasteiger partial charge in [-0.1, -0.05) is 12.1 Å². The van der Waals surface area contributed by atoms with E-state index in [9.17, 15) is 10.1 Å². The summed E-state index contributed by atoms with van der Waals surface area (Å²) in [5, 5.41) is 11.3. The Morgan fingerprint density at radius 3 is 2.76 bits per heavy atom. The maximum atomic E-state index is 11.3. The Morgan fingerprint density at radius 2 is 2.05 bits per heavy atom. The van der Waals surface area contributed by atoms with Crippen LogP contribution in [-0.2, 0) is 9.47 Å². The van der Waals surface area contributed by atoms with Crippen molar-refractivity contribution in [3.05, 3.63) is 33.9 Å². The van der Waals surface area contributed by atoms with Gasteiger partial charge in [0.05, 0.1) is 17.1 Å². The number of nitro groups is 1. The number of hydrogen-bond donors (Lipinski definition) is 0. The molecular formula is C15H20N2O4. The van der Waals surface area contributed by atoms with Crippen LogP contribution >= 0.6 is 0 Å². The summed E-state index contributed by atoms with van der Waals surface area (Å²) in [5.41, 5.74) is 1.64. The Bertz CT molecular complexity index is 535. The smallest absolute Gasteiger partial charge is 0.292 e. The van der Waals surface area contributed by atoms with Gasteiger partial charge in [-0.15, -0.1) is 0 Å². The molecule has 0 aromatic heterocycles. The van der Waals surface area contributed by atoms with Crippen LogP contribution in [-0.4, -0.2) is 43.4 Å². The van der Waals surface area contributed by atoms with Crippen LogP contribution in [0.5, 0.6) is 0 Å². The number of morpholine rings is 1. The fourth-order valence-corrected chi connectivity index (χ4v) is 3.28. The van der Waals surface area contributed by atoms with Crippen molar-refractivity contribution in [2.45, 2.75) is 25.4 Å². The molecule has 2 aliphatic heterocycles. The second-order valence-electron chi connectivity index (χ2n) is 5.77. The van der Waals surface area contributed by atoms with Crippen molar-refractivity contribution in [1.29, 1.82) is 0 Å². The lowest BCUT2D eigenvalue weighted by molar-refractivity contribution is -0.384. The highest BCUT2D eigenvalue weighted by molar-refractivity contribution is 5.68. The van der Waals surface area contributed by atoms with Crippen molar-refractivity contribution >= 4 is 11.4 Å². The zero-order valence-corrected chi connectivity index (χ0v) is 12.2. The Labute approximate surface area is 123 Å². The van der Waals surface area contributed by atoms with Crippen molar-refractivity contribution < 1.29 is 14.4 Å². The van der Waals surface area contributed by atoms with E-state index in [1.807, 2.05) is 13.0 Å². The van der Waals surface area contributed by atoms with Gasteiger partial charge in [0.2, 0.25) is 0 Å². The number of nitrogens with zero attached hydrogens (tertiary/aromatic N) is 2. The lowest BCUT2D eigenvalue weighted by Gasteiger charge is -2.45. The monoisotopic (exact) mass is 292 g/mol. The molecule has 6 heteroatoms. The molecule has 0 unspecified atom stereocenters. The minimum absolute atomic E-state index is 0.180. The quantitative estimate of drug-likeness (QED) is 0.618. The molecule has 1 spiro atoms. The Morgan fingerprint density at radius 1 is 1.29 bits per heavy atom. The highest BCUT2D eigenvalue weighted by Crippen LogP contribution is 2.37. The van der Waals surface area contributed by atoms with Crippen LogP contribution in [0, 0.1) is 17.0 Å². The van der Waals surface area contributed by atoms with Crippen LogP contribution in [0.2, 0.25) is 0 Å². The first-order valence-corrected chi connectivity index (χ1v) is 7.32. The van der Waals surface area contributed by atoms with Crippen LogP contribution in [0.1, 0.15) is 18.4 Å². The molecule has 0 bridgehead atoms. The third-order valence-electron chi connectivity index (χ3n) is 4.38. The lowest BCUT2D eigenvalue weighted by Crippen LogP contribution is -2.54. The molecule has 0 aliphatic carbocycles. The highest BCUT2D eigenvalue weighted by atomic mass is 16.6. The van der Waals surface area contributed by atoms with E-state index in [1.54, 1.807) is 12.1 Å². The third-order valence-corrected chi connectivity index (χ3v) is 4.38. The molecule has 1 aromatic rings. The van der Waals surface area contributed by atoms with Crippen molar-refractivity contribution in [3.63, 3.8) is 0 Å². The van der Waals surface area contributed by atoms with Crippen LogP contribution in [0.4, 0.5) is 11.4 Å². The van der Waals surface area contributed by atoms with Gasteiger partial charge in [0.15, 0.2) is 0 Å². The molecule has 2 aliphatic rings. The van der Waals surface area contributed by atoms with Gasteiger partial charge in [0.25, 0.3) is 5.69 Å². The molecule has 0 atom stereocenters. The predicted octanol–water partition coefficient (Wildman–Crippen LogP) is 2.29. The molecule has 2 heterocycles. The third kappa shape index (κ3) is 2.73. The van der Waals surface area contributed by atoms with Crippen LogP contribution in [0.3, 0.4) is 0 Å². The van der Waals surface area contributed by atoms with Gasteiger partial charge in [-0.3, -0.25) is 10.1 Å². The van der Waals surface area contributed by atoms with E-state index in [0.29, 0.717) is 32.9 Å². The highest BCUT2D eigenvalue weighted by Gasteiger charge is 2.40. The number of benzene rings is 1. The first-order valence-electron chi connectivity index (χ1n) is 7.32. The molecule has 0 saturated carbocycles. The number of para-hydroxylation sites is 1. The average molecular weight is 292 g/mol. The molecule has 1 aromatic carbocycles. The van der Waals surface area contributed by atoms with Crippen molar-refractivity contribution in [2.75, 3.05) is 37.8 Å². The largest absolute Gasteiger partial charge is 0.381 e. The molecule has 0 radical (unpaired) electrons. The number of nitro benzene ring substituents is 1. The van der Waals surface area contributed by atoms with Crippen LogP contribution in [0.25, 0.3) is 0 Å². The second kappa shape index (κ2) is 5.61. The number of ether oxygens (including phenoxy) is 2. The maximum absolute atomic E-state index is 11.3. The Kier molecular flexibility index (Phi) is 3.82. The van der Waals surface area contributed by atoms with E-state index in [0.717, 1.165) is 24.1 Å². The zero-order valence-electron chi connectivity index (χ0n) is 12.2. The average Bonchev–Trinajstić information content (AvgIpc) is 2.47. The van der Waals surface area contributed by atoms with E-state index in [4.69, 9.17) is 9.47 Å². The molecule has 2 saturated heterocycles. The molecule has 114 valence electrons. The summed E-state index contributed by atoms with van der Waals surface area (Å²) < 4.78 is 11.4. The topological polar surface area (TPSA) is 64.8 Å². The molecular weight excluding hydrogens is 272 g/mol. The van der Waals surface area contributed by atoms with Gasteiger partial charge in [0.1, 0.15) is 5.69 Å². The summed E-state index contributed by atoms with van der Waals surface area (Å²) in [6.07, 6.45) is 1.70. The fourth-order valence-electron chi connectivity index (χ4n) is 3.28. The molecule has 3 rings (SSSR count). The van der Waals surface area contributed by atoms with E-state index in [1.165, 1.54) is 0 Å². The first kappa shape index (κ1) is 14.3. The summed E-state index contributed by atoms with van der Waals surface area (Å²) in [5.74, 6) is 0. The molecule has 6 nitrogen and oxygen atoms in total. The van der Waals surface area contributed by atoms with E-state index < -0.39 is 0 Å². The van der Waals surface area contributed by atoms with Crippen molar-refractivity contribution in [2.24, 2.45) is 0 Å². The summed E-state index contributed by atoms with van der Waals surface area (Å²) in [4.78, 5) is 13.1. The first-order chi connectivity index (χ1) is 10.1. The number of aryl methyl sites for hydroxylation is 1. The maximum Gasteiger partial charge on any atom is 0.292 e. The van der Waals surface area contributed by atoms with Gasteiger partial charge >= 0.3 is 0 Å². The zero-order chi connectivity index (χ0) is 14.9. The van der Waals surface area contributed by atoms with Crippen molar-refractivity contribution in [3.8, 4) is 0 Å². The Balaban J connectivity index is 1.91. The number of anilines is 1. The molecule has 2 fully saturated rings. The van der Waals surface area contributed by atoms with Crippen LogP contribution in [0.15, 0.2) is 18.2 Å². The van der Waals surface area contributed by atoms with E-state index in [-0.39, 0.29) is 16.2 Å². The van der Waals surface area contributed by atoms with Gasteiger partial charge in [-0.05, 0) is 12.5 Å². The molecule has 21 heavy (non-hydrogen) atoms. The minimum Gasteiger partial charge on any atom is -0.381 e. The van der Waals surface area contributed by atoms with E-state index >= 15 is 0 Å². The summed E-state index contributed by atoms with van der Waals surface area (Å²) >= 11 is 0. The molecule has 0 N–H and O–H groups in total. The van der Waals surface area contributed by atoms with Gasteiger partial charge in [0, 0.05) is 45.2 Å². The normalized spacial score (nSPS) is 21.5. The van der Waals surface area contributed by atoms with Crippen LogP contribution < -0.4 is 4.90 Å². The van der Waals surface area contributed by atoms with Crippen molar-refractivity contribution in [1.82, 2.24) is 0 Å². The SMILES string of the molecule is Cc1cccc([N+](=O)[O-])c1N1CCOC2(CCOCC2)C1. The van der Waals surface area contributed by atoms with E-state index in [2.05, 4.69) is 4.90 Å². The fraction of sp³-hybridized carbons (Fsp3) is 0.600. The standard InChI is InChI=1S/C15H20N2O4/c1-12-3-2-4-13(17(18)19)14(12)16-7-10-21-15(11-16)5-8-20-9-6-15/h2-4H,5-11H2,1H3. The Hall–Kier alpha value is -1.66. The minimum atomic E-state index is -0.297. The molecule has 0 amide bonds. The lowest BCUT2D eigenvalue weighted by atomic mass is 9.91. The number of rotatable bonds is 2. The second-order valence-corrected chi connectivity index (χ2v) is 5.77. The summed E-state index contributed by atoms with van der Waals surface area (Å²) in [6, 6.07) is 5.24. The summed E-state index contributed by atoms with van der Waals surface area (Å²) in [7, 11) is 0. The van der Waals surface area contributed by atoms with Gasteiger partial charge < -0.3 is 14.4 Å². The van der Waals surface area contributed by atoms with Gasteiger partial charge in [-0.25, -0.2) is 0 Å².